The van der Waals surface area contributed by atoms with Crippen LogP contribution >= 0.6 is 12.2 Å². The fraction of sp³-hybridized carbons (Fsp3) is 0.333. The van der Waals surface area contributed by atoms with Gasteiger partial charge in [0.1, 0.15) is 12.1 Å². The van der Waals surface area contributed by atoms with E-state index >= 15 is 0 Å². The minimum atomic E-state index is 0.655. The molecule has 3 aromatic rings. The van der Waals surface area contributed by atoms with Gasteiger partial charge in [0.05, 0.1) is 19.5 Å². The third-order valence-electron chi connectivity index (χ3n) is 4.48. The first-order valence-electron chi connectivity index (χ1n) is 9.18. The highest BCUT2D eigenvalue weighted by molar-refractivity contribution is 7.71. The van der Waals surface area contributed by atoms with E-state index in [1.165, 1.54) is 11.1 Å². The Morgan fingerprint density at radius 2 is 1.85 bits per heavy atom. The fourth-order valence-electron chi connectivity index (χ4n) is 3.09. The first-order valence-corrected chi connectivity index (χ1v) is 9.59. The Balaban J connectivity index is 1.82. The normalized spacial score (nSPS) is 11.1. The molecule has 0 N–H and O–H groups in total. The first kappa shape index (κ1) is 19.3. The summed E-state index contributed by atoms with van der Waals surface area (Å²) in [5, 5.41) is 4.52. The highest BCUT2D eigenvalue weighted by atomic mass is 32.1. The molecule has 1 heterocycles. The lowest BCUT2D eigenvalue weighted by Gasteiger charge is -2.21. The summed E-state index contributed by atoms with van der Waals surface area (Å²) in [5.74, 6) is 0.776. The highest BCUT2D eigenvalue weighted by Gasteiger charge is 2.12. The molecule has 27 heavy (non-hydrogen) atoms. The first-order chi connectivity index (χ1) is 13.1. The van der Waals surface area contributed by atoms with Crippen molar-refractivity contribution in [2.75, 3.05) is 13.7 Å². The third-order valence-corrected chi connectivity index (χ3v) is 4.89. The van der Waals surface area contributed by atoms with E-state index in [9.17, 15) is 0 Å². The number of ether oxygens (including phenoxy) is 1. The summed E-state index contributed by atoms with van der Waals surface area (Å²) in [6, 6.07) is 16.5. The summed E-state index contributed by atoms with van der Waals surface area (Å²) >= 11 is 5.68. The molecule has 0 radical (unpaired) electrons. The van der Waals surface area contributed by atoms with Crippen LogP contribution in [0.25, 0.3) is 5.69 Å². The number of rotatable bonds is 8. The molecule has 6 heteroatoms. The van der Waals surface area contributed by atoms with Crippen molar-refractivity contribution in [3.8, 4) is 11.4 Å². The Labute approximate surface area is 165 Å². The number of hydrogen-bond donors (Lipinski definition) is 0. The molecule has 3 rings (SSSR count). The van der Waals surface area contributed by atoms with Gasteiger partial charge < -0.3 is 4.74 Å². The lowest BCUT2D eigenvalue weighted by atomic mass is 10.1. The molecule has 1 aromatic heterocycles. The largest absolute Gasteiger partial charge is 0.495 e. The molecule has 0 aliphatic heterocycles. The van der Waals surface area contributed by atoms with Gasteiger partial charge in [-0.25, -0.2) is 4.68 Å². The van der Waals surface area contributed by atoms with Gasteiger partial charge in [-0.3, -0.25) is 9.47 Å². The topological polar surface area (TPSA) is 35.2 Å². The van der Waals surface area contributed by atoms with Crippen LogP contribution in [-0.4, -0.2) is 32.9 Å². The summed E-state index contributed by atoms with van der Waals surface area (Å²) < 4.78 is 9.87. The average molecular weight is 383 g/mol. The van der Waals surface area contributed by atoms with Gasteiger partial charge in [0.2, 0.25) is 4.77 Å². The van der Waals surface area contributed by atoms with Crippen molar-refractivity contribution in [2.24, 2.45) is 0 Å². The van der Waals surface area contributed by atoms with Gasteiger partial charge in [-0.05, 0) is 49.8 Å². The van der Waals surface area contributed by atoms with E-state index in [1.807, 2.05) is 33.5 Å². The second kappa shape index (κ2) is 8.97. The van der Waals surface area contributed by atoms with Crippen LogP contribution in [-0.2, 0) is 13.2 Å². The fourth-order valence-corrected chi connectivity index (χ4v) is 3.34. The Hall–Kier alpha value is -2.44. The molecular weight excluding hydrogens is 356 g/mol. The molecule has 0 spiro atoms. The predicted octanol–water partition coefficient (Wildman–Crippen LogP) is 4.59. The van der Waals surface area contributed by atoms with Crippen LogP contribution in [0, 0.1) is 11.7 Å². The molecule has 0 aliphatic rings. The van der Waals surface area contributed by atoms with E-state index in [0.29, 0.717) is 11.4 Å². The molecule has 2 aromatic carbocycles. The molecule has 0 unspecified atom stereocenters. The van der Waals surface area contributed by atoms with E-state index in [2.05, 4.69) is 48.1 Å². The van der Waals surface area contributed by atoms with Gasteiger partial charge in [-0.15, -0.1) is 0 Å². The number of hydrogen-bond acceptors (Lipinski definition) is 4. The van der Waals surface area contributed by atoms with Crippen LogP contribution in [0.3, 0.4) is 0 Å². The molecule has 0 amide bonds. The Kier molecular flexibility index (Phi) is 6.42. The van der Waals surface area contributed by atoms with Gasteiger partial charge in [0, 0.05) is 6.54 Å². The Bertz CT molecular complexity index is 930. The van der Waals surface area contributed by atoms with Crippen LogP contribution in [0.5, 0.6) is 5.75 Å². The van der Waals surface area contributed by atoms with Gasteiger partial charge >= 0.3 is 0 Å². The van der Waals surface area contributed by atoms with Crippen LogP contribution in [0.4, 0.5) is 0 Å². The van der Waals surface area contributed by atoms with E-state index in [4.69, 9.17) is 17.0 Å². The quantitative estimate of drug-likeness (QED) is 0.534. The van der Waals surface area contributed by atoms with E-state index < -0.39 is 0 Å². The van der Waals surface area contributed by atoms with Crippen molar-refractivity contribution >= 4 is 12.2 Å². The van der Waals surface area contributed by atoms with Gasteiger partial charge in [-0.2, -0.15) is 5.10 Å². The van der Waals surface area contributed by atoms with Crippen molar-refractivity contribution in [1.29, 1.82) is 0 Å². The zero-order valence-corrected chi connectivity index (χ0v) is 16.9. The molecule has 0 saturated heterocycles. The lowest BCUT2D eigenvalue weighted by molar-refractivity contribution is 0.197. The molecule has 0 fully saturated rings. The summed E-state index contributed by atoms with van der Waals surface area (Å²) in [6.07, 6.45) is 2.84. The minimum absolute atomic E-state index is 0.655. The number of para-hydroxylation sites is 2. The Morgan fingerprint density at radius 3 is 2.56 bits per heavy atom. The van der Waals surface area contributed by atoms with Crippen molar-refractivity contribution in [1.82, 2.24) is 19.2 Å². The lowest BCUT2D eigenvalue weighted by Crippen LogP contribution is -2.27. The van der Waals surface area contributed by atoms with E-state index in [-0.39, 0.29) is 0 Å². The second-order valence-electron chi connectivity index (χ2n) is 6.63. The maximum absolute atomic E-state index is 5.68. The summed E-state index contributed by atoms with van der Waals surface area (Å²) in [4.78, 5) is 2.36. The standard InChI is InChI=1S/C21H26N4OS/c1-4-13-23(14-18-11-9-17(2)10-12-18)16-25-21(27)24(15-22-25)19-7-5-6-8-20(19)26-3/h5-12,15H,4,13-14,16H2,1-3H3. The van der Waals surface area contributed by atoms with E-state index in [0.717, 1.165) is 30.9 Å². The smallest absolute Gasteiger partial charge is 0.203 e. The number of nitrogens with zero attached hydrogens (tertiary/aromatic N) is 4. The molecular formula is C21H26N4OS. The number of aromatic nitrogens is 3. The van der Waals surface area contributed by atoms with Crippen LogP contribution < -0.4 is 4.74 Å². The number of benzene rings is 2. The monoisotopic (exact) mass is 382 g/mol. The van der Waals surface area contributed by atoms with Gasteiger partial charge in [-0.1, -0.05) is 48.9 Å². The molecule has 0 atom stereocenters. The maximum Gasteiger partial charge on any atom is 0.203 e. The van der Waals surface area contributed by atoms with Gasteiger partial charge in [0.15, 0.2) is 0 Å². The summed E-state index contributed by atoms with van der Waals surface area (Å²) in [7, 11) is 1.66. The van der Waals surface area contributed by atoms with Crippen LogP contribution in [0.1, 0.15) is 24.5 Å². The Morgan fingerprint density at radius 1 is 1.11 bits per heavy atom. The highest BCUT2D eigenvalue weighted by Crippen LogP contribution is 2.22. The van der Waals surface area contributed by atoms with Gasteiger partial charge in [0.25, 0.3) is 0 Å². The minimum Gasteiger partial charge on any atom is -0.495 e. The zero-order chi connectivity index (χ0) is 19.2. The average Bonchev–Trinajstić information content (AvgIpc) is 3.04. The third kappa shape index (κ3) is 4.64. The summed E-state index contributed by atoms with van der Waals surface area (Å²) in [5.41, 5.74) is 3.47. The van der Waals surface area contributed by atoms with E-state index in [1.54, 1.807) is 13.4 Å². The molecule has 5 nitrogen and oxygen atoms in total. The number of aryl methyl sites for hydroxylation is 1. The van der Waals surface area contributed by atoms with Crippen molar-refractivity contribution in [2.45, 2.75) is 33.5 Å². The molecule has 0 aliphatic carbocycles. The zero-order valence-electron chi connectivity index (χ0n) is 16.1. The number of methoxy groups -OCH3 is 1. The van der Waals surface area contributed by atoms with Crippen molar-refractivity contribution in [3.63, 3.8) is 0 Å². The summed E-state index contributed by atoms with van der Waals surface area (Å²) in [6.45, 7) is 6.81. The van der Waals surface area contributed by atoms with Crippen molar-refractivity contribution < 1.29 is 4.74 Å². The molecule has 142 valence electrons. The predicted molar refractivity (Wildman–Crippen MR) is 111 cm³/mol. The van der Waals surface area contributed by atoms with Crippen LogP contribution in [0.2, 0.25) is 0 Å². The second-order valence-corrected chi connectivity index (χ2v) is 7.00. The molecule has 0 bridgehead atoms. The maximum atomic E-state index is 5.68. The van der Waals surface area contributed by atoms with Crippen molar-refractivity contribution in [3.05, 3.63) is 70.8 Å². The molecule has 0 saturated carbocycles. The van der Waals surface area contributed by atoms with Crippen LogP contribution in [0.15, 0.2) is 54.9 Å². The SMILES string of the molecule is CCCN(Cc1ccc(C)cc1)Cn1ncn(-c2ccccc2OC)c1=S.